The van der Waals surface area contributed by atoms with E-state index in [-0.39, 0.29) is 0 Å². The first-order valence-electron chi connectivity index (χ1n) is 6.31. The maximum Gasteiger partial charge on any atom is 0.535 e. The summed E-state index contributed by atoms with van der Waals surface area (Å²) in [5, 5.41) is 7.59. The highest BCUT2D eigenvalue weighted by Crippen LogP contribution is 2.14. The number of carbonyl (C=O) groups excluding carboxylic acids is 1. The van der Waals surface area contributed by atoms with Crippen LogP contribution in [0.1, 0.15) is 0 Å². The molecule has 7 nitrogen and oxygen atoms in total. The summed E-state index contributed by atoms with van der Waals surface area (Å²) in [5.74, 6) is 0. The predicted molar refractivity (Wildman–Crippen MR) is 78.0 cm³/mol. The molecule has 2 rings (SSSR count). The van der Waals surface area contributed by atoms with Crippen LogP contribution in [-0.2, 0) is 4.74 Å². The summed E-state index contributed by atoms with van der Waals surface area (Å²) >= 11 is 0. The third-order valence-corrected chi connectivity index (χ3v) is 4.38. The van der Waals surface area contributed by atoms with Gasteiger partial charge in [0.25, 0.3) is 0 Å². The van der Waals surface area contributed by atoms with Gasteiger partial charge in [0.2, 0.25) is 0 Å². The first-order chi connectivity index (χ1) is 9.35. The molecule has 0 aliphatic rings. The number of benzene rings is 1. The molecule has 0 radical (unpaired) electrons. The summed E-state index contributed by atoms with van der Waals surface area (Å²) in [6.07, 6.45) is -0.794. The molecule has 2 aromatic rings. The minimum absolute atomic E-state index is 0.351. The van der Waals surface area contributed by atoms with Gasteiger partial charge >= 0.3 is 6.16 Å². The van der Waals surface area contributed by atoms with Gasteiger partial charge < -0.3 is 10.5 Å². The third kappa shape index (κ3) is 3.70. The van der Waals surface area contributed by atoms with Crippen molar-refractivity contribution in [3.63, 3.8) is 0 Å². The molecule has 0 bridgehead atoms. The van der Waals surface area contributed by atoms with E-state index in [4.69, 9.17) is 15.3 Å². The van der Waals surface area contributed by atoms with Gasteiger partial charge in [-0.1, -0.05) is 24.5 Å². The number of hydrogen-bond donors (Lipinski definition) is 1. The second-order valence-electron chi connectivity index (χ2n) is 5.71. The molecule has 0 amide bonds. The van der Waals surface area contributed by atoms with E-state index in [1.807, 2.05) is 0 Å². The molecule has 1 aromatic heterocycles. The number of nitrogens with two attached hydrogens (primary N) is 1. The first kappa shape index (κ1) is 14.3. The van der Waals surface area contributed by atoms with Crippen LogP contribution in [0.4, 0.5) is 10.5 Å². The Morgan fingerprint density at radius 2 is 2.15 bits per heavy atom. The number of anilines is 1. The summed E-state index contributed by atoms with van der Waals surface area (Å²) in [6, 6.07) is 5.92. The Kier molecular flexibility index (Phi) is 3.93. The van der Waals surface area contributed by atoms with Crippen LogP contribution in [-0.4, -0.2) is 36.0 Å². The molecule has 1 heterocycles. The Bertz CT molecular complexity index is 621. The van der Waals surface area contributed by atoms with E-state index in [2.05, 4.69) is 30.0 Å². The van der Waals surface area contributed by atoms with Crippen molar-refractivity contribution >= 4 is 31.0 Å². The monoisotopic (exact) mass is 294 g/mol. The van der Waals surface area contributed by atoms with E-state index < -0.39 is 14.2 Å². The summed E-state index contributed by atoms with van der Waals surface area (Å²) in [6.45, 7) is 6.96. The largest absolute Gasteiger partial charge is 0.535 e. The van der Waals surface area contributed by atoms with Crippen LogP contribution in [0.3, 0.4) is 0 Å². The quantitative estimate of drug-likeness (QED) is 0.401. The van der Waals surface area contributed by atoms with E-state index in [1.54, 1.807) is 18.2 Å². The summed E-state index contributed by atoms with van der Waals surface area (Å²) < 4.78 is 5.02. The van der Waals surface area contributed by atoms with Crippen LogP contribution >= 0.6 is 0 Å². The molecule has 0 spiro atoms. The standard InChI is InChI=1S/C12H18N4O3Si/c1-20(2,3)7-6-18-12(17)19-16-11-8-9(13)4-5-10(11)14-15-16/h4-5,8H,6-7,13H2,1-3H3. The van der Waals surface area contributed by atoms with Crippen LogP contribution in [0.2, 0.25) is 25.7 Å². The number of ether oxygens (including phenoxy) is 1. The molecule has 2 N–H and O–H groups in total. The van der Waals surface area contributed by atoms with E-state index >= 15 is 0 Å². The van der Waals surface area contributed by atoms with Gasteiger partial charge in [-0.25, -0.2) is 4.79 Å². The van der Waals surface area contributed by atoms with E-state index in [1.165, 1.54) is 0 Å². The van der Waals surface area contributed by atoms with Crippen molar-refractivity contribution < 1.29 is 14.4 Å². The minimum atomic E-state index is -1.24. The molecule has 0 aliphatic heterocycles. The summed E-state index contributed by atoms with van der Waals surface area (Å²) in [7, 11) is -1.24. The van der Waals surface area contributed by atoms with Crippen molar-refractivity contribution in [1.82, 2.24) is 15.2 Å². The van der Waals surface area contributed by atoms with Gasteiger partial charge in [-0.15, -0.1) is 5.10 Å². The fraction of sp³-hybridized carbons (Fsp3) is 0.417. The van der Waals surface area contributed by atoms with Gasteiger partial charge in [-0.3, -0.25) is 4.84 Å². The molecule has 1 aromatic carbocycles. The SMILES string of the molecule is C[Si](C)(C)CCOC(=O)On1nnc2ccc(N)cc21. The van der Waals surface area contributed by atoms with E-state index in [9.17, 15) is 4.79 Å². The zero-order chi connectivity index (χ0) is 14.8. The average molecular weight is 294 g/mol. The first-order valence-corrected chi connectivity index (χ1v) is 10.0. The molecule has 8 heteroatoms. The van der Waals surface area contributed by atoms with Gasteiger partial charge in [-0.2, -0.15) is 0 Å². The van der Waals surface area contributed by atoms with E-state index in [0.717, 1.165) is 10.9 Å². The lowest BCUT2D eigenvalue weighted by atomic mass is 10.3. The molecule has 0 fully saturated rings. The molecule has 0 unspecified atom stereocenters. The highest BCUT2D eigenvalue weighted by atomic mass is 28.3. The van der Waals surface area contributed by atoms with Gasteiger partial charge in [0.1, 0.15) is 11.0 Å². The van der Waals surface area contributed by atoms with Crippen LogP contribution in [0.25, 0.3) is 11.0 Å². The van der Waals surface area contributed by atoms with Crippen molar-refractivity contribution in [3.05, 3.63) is 18.2 Å². The number of nitrogens with zero attached hydrogens (tertiary/aromatic N) is 3. The molecule has 108 valence electrons. The van der Waals surface area contributed by atoms with E-state index in [0.29, 0.717) is 23.3 Å². The third-order valence-electron chi connectivity index (χ3n) is 2.67. The fourth-order valence-corrected chi connectivity index (χ4v) is 2.23. The Hall–Kier alpha value is -2.09. The lowest BCUT2D eigenvalue weighted by Crippen LogP contribution is -2.26. The lowest BCUT2D eigenvalue weighted by molar-refractivity contribution is 0.0426. The second-order valence-corrected chi connectivity index (χ2v) is 11.3. The Labute approximate surface area is 117 Å². The fourth-order valence-electron chi connectivity index (χ4n) is 1.52. The lowest BCUT2D eigenvalue weighted by Gasteiger charge is -2.14. The van der Waals surface area contributed by atoms with Crippen molar-refractivity contribution in [3.8, 4) is 0 Å². The topological polar surface area (TPSA) is 92.3 Å². The Morgan fingerprint density at radius 3 is 2.85 bits per heavy atom. The number of aromatic nitrogens is 3. The van der Waals surface area contributed by atoms with Gasteiger partial charge in [0.05, 0.1) is 6.61 Å². The van der Waals surface area contributed by atoms with Gasteiger partial charge in [0, 0.05) is 13.8 Å². The minimum Gasteiger partial charge on any atom is -0.433 e. The zero-order valence-electron chi connectivity index (χ0n) is 11.8. The maximum absolute atomic E-state index is 11.6. The Balaban J connectivity index is 1.98. The van der Waals surface area contributed by atoms with Crippen molar-refractivity contribution in [2.45, 2.75) is 25.7 Å². The highest BCUT2D eigenvalue weighted by molar-refractivity contribution is 6.76. The van der Waals surface area contributed by atoms with Crippen LogP contribution in [0.15, 0.2) is 18.2 Å². The number of fused-ring (bicyclic) bond motifs is 1. The highest BCUT2D eigenvalue weighted by Gasteiger charge is 2.16. The Morgan fingerprint density at radius 1 is 1.40 bits per heavy atom. The van der Waals surface area contributed by atoms with Crippen molar-refractivity contribution in [2.24, 2.45) is 0 Å². The number of carbonyl (C=O) groups is 1. The number of rotatable bonds is 4. The molecule has 0 atom stereocenters. The van der Waals surface area contributed by atoms with Crippen molar-refractivity contribution in [1.29, 1.82) is 0 Å². The molecule has 0 saturated heterocycles. The average Bonchev–Trinajstić information content (AvgIpc) is 2.70. The van der Waals surface area contributed by atoms with Crippen molar-refractivity contribution in [2.75, 3.05) is 12.3 Å². The zero-order valence-corrected chi connectivity index (χ0v) is 12.8. The smallest absolute Gasteiger partial charge is 0.433 e. The van der Waals surface area contributed by atoms with Gasteiger partial charge in [-0.05, 0) is 29.5 Å². The second kappa shape index (κ2) is 5.49. The molecular weight excluding hydrogens is 276 g/mol. The predicted octanol–water partition coefficient (Wildman–Crippen LogP) is 1.92. The summed E-state index contributed by atoms with van der Waals surface area (Å²) in [5.41, 5.74) is 7.33. The normalized spacial score (nSPS) is 11.6. The molecular formula is C12H18N4O3Si. The molecule has 20 heavy (non-hydrogen) atoms. The molecule has 0 aliphatic carbocycles. The maximum atomic E-state index is 11.6. The number of hydrogen-bond acceptors (Lipinski definition) is 6. The molecule has 0 saturated carbocycles. The van der Waals surface area contributed by atoms with Gasteiger partial charge in [0.15, 0.2) is 0 Å². The van der Waals surface area contributed by atoms with Crippen LogP contribution in [0, 0.1) is 0 Å². The van der Waals surface area contributed by atoms with Crippen LogP contribution in [0.5, 0.6) is 0 Å². The van der Waals surface area contributed by atoms with Crippen LogP contribution < -0.4 is 10.6 Å². The number of nitrogen functional groups attached to an aromatic ring is 1. The summed E-state index contributed by atoms with van der Waals surface area (Å²) in [4.78, 5) is 17.6.